The van der Waals surface area contributed by atoms with Crippen LogP contribution in [0.5, 0.6) is 0 Å². The summed E-state index contributed by atoms with van der Waals surface area (Å²) in [5.74, 6) is -15.6. The van der Waals surface area contributed by atoms with Gasteiger partial charge >= 0.3 is 17.9 Å². The highest BCUT2D eigenvalue weighted by atomic mass is 16.6. The van der Waals surface area contributed by atoms with Crippen molar-refractivity contribution in [3.63, 3.8) is 0 Å². The van der Waals surface area contributed by atoms with Gasteiger partial charge in [-0.1, -0.05) is 58.9 Å². The molecule has 6 aliphatic rings. The third kappa shape index (κ3) is 13.9. The number of aliphatic hydroxyl groups is 3. The van der Waals surface area contributed by atoms with Crippen LogP contribution >= 0.6 is 0 Å². The number of ketones is 3. The topological polar surface area (TPSA) is 296 Å². The van der Waals surface area contributed by atoms with Crippen molar-refractivity contribution in [1.29, 1.82) is 10.5 Å². The maximum atomic E-state index is 14.7. The summed E-state index contributed by atoms with van der Waals surface area (Å²) >= 11 is 0. The Balaban J connectivity index is 1.65. The molecule has 1 saturated carbocycles. The lowest BCUT2D eigenvalue weighted by atomic mass is 9.48. The normalized spacial score (nSPS) is 39.8. The van der Waals surface area contributed by atoms with Gasteiger partial charge in [-0.05, 0) is 121 Å². The van der Waals surface area contributed by atoms with Crippen molar-refractivity contribution in [3.8, 4) is 12.1 Å². The van der Waals surface area contributed by atoms with Gasteiger partial charge in [-0.3, -0.25) is 28.8 Å². The molecule has 19 atom stereocenters. The van der Waals surface area contributed by atoms with Crippen molar-refractivity contribution < 1.29 is 82.0 Å². The Morgan fingerprint density at radius 1 is 0.815 bits per heavy atom. The molecule has 0 aromatic carbocycles. The molecule has 3 fully saturated rings. The molecule has 0 spiro atoms. The van der Waals surface area contributed by atoms with E-state index in [0.29, 0.717) is 50.5 Å². The zero-order valence-electron chi connectivity index (χ0n) is 49.6. The van der Waals surface area contributed by atoms with E-state index in [0.717, 1.165) is 4.90 Å². The number of ether oxygens (including phenoxy) is 7. The Hall–Kier alpha value is -5.19. The number of aliphatic hydroxyl groups excluding tert-OH is 2. The SMILES string of the molecule is CCOC(=O)C1(C#N)C2C=CC([C@@H](C)C[C@@H](C)C(=O)[C@H](OC)[C@H](O)/C(C)=C/[C@@H](C)C(=O)C[C@@H]([C@H](C)C[C@@H]3CC[C@@H](O)[C@H](OC)C3)OC(=O)[C@@H]3CCCCN3C(=O)C(=O)[C@]3(O)O[C@@H](CC[C@H]3C)C[C@H](OC)/C(C)=C/2)C1(C#N)C(=O)OCC. The first-order valence-electron chi connectivity index (χ1n) is 29.0. The molecule has 20 heteroatoms. The van der Waals surface area contributed by atoms with Crippen LogP contribution in [0.15, 0.2) is 35.5 Å². The highest BCUT2D eigenvalue weighted by Crippen LogP contribution is 2.58. The fraction of sp³-hybridized carbons (Fsp3) is 0.754. The van der Waals surface area contributed by atoms with Crippen LogP contribution in [0, 0.1) is 80.8 Å². The number of methoxy groups -OCH3 is 3. The van der Waals surface area contributed by atoms with Crippen molar-refractivity contribution in [1.82, 2.24) is 4.90 Å². The largest absolute Gasteiger partial charge is 0.465 e. The number of hydrogen-bond acceptors (Lipinski definition) is 19. The third-order valence-corrected chi connectivity index (χ3v) is 18.2. The van der Waals surface area contributed by atoms with E-state index in [1.54, 1.807) is 53.7 Å². The molecule has 4 bridgehead atoms. The molecule has 0 aromatic rings. The van der Waals surface area contributed by atoms with E-state index in [1.807, 2.05) is 6.92 Å². The summed E-state index contributed by atoms with van der Waals surface area (Å²) in [6.45, 7) is 14.1. The standard InChI is InChI=1S/C61H89N3O17/c1-13-78-57(72)59(32-62)42-20-22-44(60(59,33-63)58(73)79-14-2)34(3)25-38(7)51(67)53(77-12)52(68)39(8)26-35(4)47(66)31-49(36(5)27-41-19-23-46(65)50(29-41)76-11)80-56(71)45-17-15-16-24-64(45)55(70)54(69)61(74)40(9)18-21-43(81-61)30-48(75-10)37(6)28-42/h20,22,26,28,34-36,38,40-46,48-50,52-53,65,68,74H,13-19,21,23-25,27,29-31H2,1-12H3/b37-28+,39-26+/t34-,35+,36+,38+,40+,41-,42?,43-,44?,45-,46+,48-,49-,50+,52+,53-,59?,60?,61+/m0/s1. The number of carbonyl (C=O) groups is 7. The van der Waals surface area contributed by atoms with Crippen molar-refractivity contribution in [2.45, 2.75) is 194 Å². The molecule has 0 radical (unpaired) electrons. The summed E-state index contributed by atoms with van der Waals surface area (Å²) in [5, 5.41) is 57.5. The Bertz CT molecular complexity index is 2460. The van der Waals surface area contributed by atoms with E-state index in [9.17, 15) is 59.4 Å². The number of piperidine rings is 1. The van der Waals surface area contributed by atoms with Gasteiger partial charge in [0.25, 0.3) is 11.7 Å². The molecule has 81 heavy (non-hydrogen) atoms. The second-order valence-corrected chi connectivity index (χ2v) is 23.5. The zero-order valence-corrected chi connectivity index (χ0v) is 49.6. The minimum Gasteiger partial charge on any atom is -0.465 e. The fourth-order valence-corrected chi connectivity index (χ4v) is 13.3. The van der Waals surface area contributed by atoms with E-state index >= 15 is 0 Å². The van der Waals surface area contributed by atoms with E-state index in [4.69, 9.17) is 33.2 Å². The Labute approximate surface area is 477 Å². The fourth-order valence-electron chi connectivity index (χ4n) is 13.3. The molecular weight excluding hydrogens is 1050 g/mol. The number of allylic oxidation sites excluding steroid dienone is 4. The molecule has 4 heterocycles. The van der Waals surface area contributed by atoms with E-state index < -0.39 is 142 Å². The molecule has 450 valence electrons. The second-order valence-electron chi connectivity index (χ2n) is 23.5. The number of Topliss-reactive ketones (excluding diaryl/α,β-unsaturated/α-hetero) is 3. The average molecular weight is 1140 g/mol. The van der Waals surface area contributed by atoms with E-state index in [-0.39, 0.29) is 69.1 Å². The molecule has 3 N–H and O–H groups in total. The molecule has 20 nitrogen and oxygen atoms in total. The maximum Gasteiger partial charge on any atom is 0.329 e. The minimum atomic E-state index is -2.65. The lowest BCUT2D eigenvalue weighted by Gasteiger charge is -2.49. The average Bonchev–Trinajstić information content (AvgIpc) is 3.34. The number of rotatable bonds is 10. The monoisotopic (exact) mass is 1140 g/mol. The van der Waals surface area contributed by atoms with Crippen LogP contribution in [0.3, 0.4) is 0 Å². The molecule has 0 aromatic heterocycles. The zero-order chi connectivity index (χ0) is 60.3. The smallest absolute Gasteiger partial charge is 0.329 e. The first kappa shape index (κ1) is 66.6. The van der Waals surface area contributed by atoms with Gasteiger partial charge in [0.05, 0.1) is 49.8 Å². The summed E-state index contributed by atoms with van der Waals surface area (Å²) in [5.41, 5.74) is -4.55. The van der Waals surface area contributed by atoms with Gasteiger partial charge in [0.15, 0.2) is 16.6 Å². The number of amides is 1. The Morgan fingerprint density at radius 2 is 1.47 bits per heavy atom. The molecule has 2 saturated heterocycles. The minimum absolute atomic E-state index is 0.0163. The first-order chi connectivity index (χ1) is 38.3. The van der Waals surface area contributed by atoms with Crippen molar-refractivity contribution in [2.24, 2.45) is 58.2 Å². The van der Waals surface area contributed by atoms with Crippen molar-refractivity contribution in [3.05, 3.63) is 35.5 Å². The van der Waals surface area contributed by atoms with E-state index in [1.165, 1.54) is 47.3 Å². The third-order valence-electron chi connectivity index (χ3n) is 18.2. The molecular formula is C61H89N3O17. The van der Waals surface area contributed by atoms with Gasteiger partial charge in [-0.15, -0.1) is 0 Å². The molecule has 6 rings (SSSR count). The maximum absolute atomic E-state index is 14.7. The summed E-state index contributed by atoms with van der Waals surface area (Å²) in [4.78, 5) is 103. The van der Waals surface area contributed by atoms with Crippen LogP contribution in [0.2, 0.25) is 0 Å². The van der Waals surface area contributed by atoms with Crippen LogP contribution in [-0.2, 0) is 66.7 Å². The molecule has 2 aliphatic carbocycles. The number of fused-ring (bicyclic) bond motifs is 16. The summed E-state index contributed by atoms with van der Waals surface area (Å²) in [6, 6.07) is 2.90. The van der Waals surface area contributed by atoms with Gasteiger partial charge < -0.3 is 53.4 Å². The highest BCUT2D eigenvalue weighted by molar-refractivity contribution is 6.39. The summed E-state index contributed by atoms with van der Waals surface area (Å²) < 4.78 is 40.9. The van der Waals surface area contributed by atoms with Crippen molar-refractivity contribution in [2.75, 3.05) is 41.1 Å². The lowest BCUT2D eigenvalue weighted by molar-refractivity contribution is -0.265. The number of nitriles is 2. The molecule has 4 unspecified atom stereocenters. The predicted molar refractivity (Wildman–Crippen MR) is 292 cm³/mol. The Morgan fingerprint density at radius 3 is 2.07 bits per heavy atom. The van der Waals surface area contributed by atoms with Gasteiger partial charge in [0.1, 0.15) is 30.1 Å². The quantitative estimate of drug-likeness (QED) is 0.0975. The van der Waals surface area contributed by atoms with E-state index in [2.05, 4.69) is 12.1 Å². The van der Waals surface area contributed by atoms with Crippen LogP contribution in [0.4, 0.5) is 0 Å². The molecule has 1 amide bonds. The van der Waals surface area contributed by atoms with Gasteiger partial charge in [0.2, 0.25) is 5.79 Å². The highest BCUT2D eigenvalue weighted by Gasteiger charge is 2.72. The van der Waals surface area contributed by atoms with Gasteiger partial charge in [-0.2, -0.15) is 10.5 Å². The van der Waals surface area contributed by atoms with Gasteiger partial charge in [-0.25, -0.2) is 4.79 Å². The number of nitrogens with zero attached hydrogens (tertiary/aromatic N) is 3. The van der Waals surface area contributed by atoms with Crippen LogP contribution in [0.25, 0.3) is 0 Å². The van der Waals surface area contributed by atoms with Crippen LogP contribution in [0.1, 0.15) is 139 Å². The van der Waals surface area contributed by atoms with Gasteiger partial charge in [0, 0.05) is 70.3 Å². The first-order valence-corrected chi connectivity index (χ1v) is 29.0. The second kappa shape index (κ2) is 28.9. The van der Waals surface area contributed by atoms with Crippen molar-refractivity contribution >= 4 is 41.2 Å². The lowest BCUT2D eigenvalue weighted by Crippen LogP contribution is -2.61. The summed E-state index contributed by atoms with van der Waals surface area (Å²) in [6.07, 6.45) is 2.68. The van der Waals surface area contributed by atoms with Crippen LogP contribution in [-0.4, -0.2) is 157 Å². The predicted octanol–water partition coefficient (Wildman–Crippen LogP) is 6.02. The number of carbonyl (C=O) groups excluding carboxylic acids is 7. The Kier molecular flexibility index (Phi) is 23.7. The number of hydrogen-bond donors (Lipinski definition) is 3. The number of esters is 3. The van der Waals surface area contributed by atoms with Crippen LogP contribution < -0.4 is 0 Å². The molecule has 4 aliphatic heterocycles. The summed E-state index contributed by atoms with van der Waals surface area (Å²) in [7, 11) is 4.19.